The zero-order valence-corrected chi connectivity index (χ0v) is 14.8. The first-order valence-electron chi connectivity index (χ1n) is 8.51. The summed E-state index contributed by atoms with van der Waals surface area (Å²) in [6, 6.07) is 5.55. The third kappa shape index (κ3) is 3.11. The summed E-state index contributed by atoms with van der Waals surface area (Å²) in [4.78, 5) is 27.4. The van der Waals surface area contributed by atoms with Crippen molar-refractivity contribution in [2.75, 3.05) is 31.6 Å². The quantitative estimate of drug-likeness (QED) is 0.764. The van der Waals surface area contributed by atoms with Crippen LogP contribution in [-0.4, -0.2) is 56.8 Å². The molecule has 0 aromatic carbocycles. The number of amides is 2. The highest BCUT2D eigenvalue weighted by molar-refractivity contribution is 5.91. The van der Waals surface area contributed by atoms with Gasteiger partial charge in [-0.1, -0.05) is 0 Å². The molecule has 8 heteroatoms. The highest BCUT2D eigenvalue weighted by Gasteiger charge is 2.17. The Morgan fingerprint density at radius 3 is 2.73 bits per heavy atom. The number of nitrogens with zero attached hydrogens (tertiary/aromatic N) is 5. The van der Waals surface area contributed by atoms with Crippen LogP contribution in [0.1, 0.15) is 5.82 Å². The van der Waals surface area contributed by atoms with Crippen molar-refractivity contribution in [1.82, 2.24) is 24.4 Å². The van der Waals surface area contributed by atoms with Gasteiger partial charge in [-0.3, -0.25) is 5.32 Å². The van der Waals surface area contributed by atoms with Gasteiger partial charge in [0.05, 0.1) is 36.3 Å². The van der Waals surface area contributed by atoms with Gasteiger partial charge in [-0.05, 0) is 19.1 Å². The normalized spacial score (nSPS) is 14.6. The number of urea groups is 1. The van der Waals surface area contributed by atoms with Gasteiger partial charge in [0.25, 0.3) is 0 Å². The van der Waals surface area contributed by atoms with Crippen LogP contribution in [-0.2, 0) is 11.8 Å². The molecule has 3 aromatic rings. The number of hydrogen-bond acceptors (Lipinski definition) is 5. The number of hydrogen-bond donors (Lipinski definition) is 1. The Morgan fingerprint density at radius 1 is 1.19 bits per heavy atom. The monoisotopic (exact) mass is 352 g/mol. The zero-order chi connectivity index (χ0) is 18.1. The van der Waals surface area contributed by atoms with E-state index in [0.717, 1.165) is 28.1 Å². The van der Waals surface area contributed by atoms with Crippen LogP contribution in [0.2, 0.25) is 0 Å². The van der Waals surface area contributed by atoms with Gasteiger partial charge in [0.2, 0.25) is 0 Å². The van der Waals surface area contributed by atoms with Gasteiger partial charge in [-0.2, -0.15) is 0 Å². The smallest absolute Gasteiger partial charge is 0.323 e. The first-order chi connectivity index (χ1) is 12.6. The number of fused-ring (bicyclic) bond motifs is 1. The number of anilines is 1. The number of morpholine rings is 1. The van der Waals surface area contributed by atoms with Gasteiger partial charge in [0.1, 0.15) is 11.6 Å². The molecular formula is C18H20N6O2. The molecule has 0 aliphatic carbocycles. The minimum absolute atomic E-state index is 0.168. The van der Waals surface area contributed by atoms with Crippen LogP contribution in [0.4, 0.5) is 10.6 Å². The Morgan fingerprint density at radius 2 is 2.00 bits per heavy atom. The van der Waals surface area contributed by atoms with Crippen molar-refractivity contribution in [3.05, 3.63) is 36.4 Å². The molecule has 0 unspecified atom stereocenters. The zero-order valence-electron chi connectivity index (χ0n) is 14.8. The SMILES string of the molecule is Cc1ncc(-c2ccc3cnc(NC(=O)N4CCOCC4)cc3n2)n1C. The summed E-state index contributed by atoms with van der Waals surface area (Å²) in [6.45, 7) is 4.25. The molecule has 3 aromatic heterocycles. The molecule has 0 bridgehead atoms. The van der Waals surface area contributed by atoms with Gasteiger partial charge in [0, 0.05) is 37.8 Å². The van der Waals surface area contributed by atoms with E-state index in [4.69, 9.17) is 9.72 Å². The van der Waals surface area contributed by atoms with Crippen LogP contribution >= 0.6 is 0 Å². The van der Waals surface area contributed by atoms with Crippen LogP contribution in [0.3, 0.4) is 0 Å². The lowest BCUT2D eigenvalue weighted by Crippen LogP contribution is -2.43. The lowest BCUT2D eigenvalue weighted by Gasteiger charge is -2.26. The highest BCUT2D eigenvalue weighted by Crippen LogP contribution is 2.22. The third-order valence-electron chi connectivity index (χ3n) is 4.59. The molecule has 4 heterocycles. The molecule has 0 radical (unpaired) electrons. The minimum Gasteiger partial charge on any atom is -0.378 e. The number of aryl methyl sites for hydroxylation is 1. The van der Waals surface area contributed by atoms with Crippen LogP contribution in [0.15, 0.2) is 30.6 Å². The number of imidazole rings is 1. The molecular weight excluding hydrogens is 332 g/mol. The molecule has 0 atom stereocenters. The number of carbonyl (C=O) groups excluding carboxylic acids is 1. The third-order valence-corrected chi connectivity index (χ3v) is 4.59. The first kappa shape index (κ1) is 16.5. The molecule has 1 N–H and O–H groups in total. The molecule has 1 saturated heterocycles. The van der Waals surface area contributed by atoms with E-state index in [1.807, 2.05) is 36.9 Å². The van der Waals surface area contributed by atoms with Crippen LogP contribution < -0.4 is 5.32 Å². The van der Waals surface area contributed by atoms with E-state index in [2.05, 4.69) is 15.3 Å². The maximum Gasteiger partial charge on any atom is 0.323 e. The Bertz CT molecular complexity index is 961. The summed E-state index contributed by atoms with van der Waals surface area (Å²) in [6.07, 6.45) is 3.53. The fourth-order valence-electron chi connectivity index (χ4n) is 2.92. The second-order valence-corrected chi connectivity index (χ2v) is 6.24. The highest BCUT2D eigenvalue weighted by atomic mass is 16.5. The minimum atomic E-state index is -0.168. The fraction of sp³-hybridized carbons (Fsp3) is 0.333. The van der Waals surface area contributed by atoms with Crippen molar-refractivity contribution in [1.29, 1.82) is 0 Å². The van der Waals surface area contributed by atoms with Gasteiger partial charge in [0.15, 0.2) is 0 Å². The Hall–Kier alpha value is -3.00. The van der Waals surface area contributed by atoms with E-state index < -0.39 is 0 Å². The maximum atomic E-state index is 12.3. The lowest BCUT2D eigenvalue weighted by atomic mass is 10.2. The predicted molar refractivity (Wildman–Crippen MR) is 97.9 cm³/mol. The van der Waals surface area contributed by atoms with Crippen molar-refractivity contribution in [2.45, 2.75) is 6.92 Å². The summed E-state index contributed by atoms with van der Waals surface area (Å²) in [5.74, 6) is 1.41. The second-order valence-electron chi connectivity index (χ2n) is 6.24. The van der Waals surface area contributed by atoms with Gasteiger partial charge < -0.3 is 14.2 Å². The number of nitrogens with one attached hydrogen (secondary N) is 1. The molecule has 2 amide bonds. The van der Waals surface area contributed by atoms with Gasteiger partial charge >= 0.3 is 6.03 Å². The molecule has 4 rings (SSSR count). The second kappa shape index (κ2) is 6.72. The molecule has 134 valence electrons. The average molecular weight is 352 g/mol. The average Bonchev–Trinajstić information content (AvgIpc) is 3.00. The summed E-state index contributed by atoms with van der Waals surface area (Å²) >= 11 is 0. The summed E-state index contributed by atoms with van der Waals surface area (Å²) in [7, 11) is 1.96. The molecule has 1 aliphatic heterocycles. The maximum absolute atomic E-state index is 12.3. The Labute approximate surface area is 150 Å². The van der Waals surface area contributed by atoms with Crippen LogP contribution in [0, 0.1) is 6.92 Å². The van der Waals surface area contributed by atoms with E-state index in [0.29, 0.717) is 32.1 Å². The van der Waals surface area contributed by atoms with Crippen LogP contribution in [0.25, 0.3) is 22.3 Å². The lowest BCUT2D eigenvalue weighted by molar-refractivity contribution is 0.0564. The number of carbonyl (C=O) groups is 1. The number of pyridine rings is 2. The Kier molecular flexibility index (Phi) is 4.26. The van der Waals surface area contributed by atoms with Crippen molar-refractivity contribution in [3.63, 3.8) is 0 Å². The molecule has 26 heavy (non-hydrogen) atoms. The molecule has 8 nitrogen and oxygen atoms in total. The number of rotatable bonds is 2. The molecule has 1 aliphatic rings. The molecule has 0 spiro atoms. The Balaban J connectivity index is 1.61. The van der Waals surface area contributed by atoms with Crippen molar-refractivity contribution in [2.24, 2.45) is 7.05 Å². The predicted octanol–water partition coefficient (Wildman–Crippen LogP) is 2.20. The summed E-state index contributed by atoms with van der Waals surface area (Å²) < 4.78 is 7.27. The molecule has 1 fully saturated rings. The van der Waals surface area contributed by atoms with Crippen LogP contribution in [0.5, 0.6) is 0 Å². The van der Waals surface area contributed by atoms with Crippen molar-refractivity contribution < 1.29 is 9.53 Å². The topological polar surface area (TPSA) is 85.2 Å². The van der Waals surface area contributed by atoms with E-state index in [1.54, 1.807) is 17.2 Å². The van der Waals surface area contributed by atoms with E-state index >= 15 is 0 Å². The number of aromatic nitrogens is 4. The fourth-order valence-corrected chi connectivity index (χ4v) is 2.92. The van der Waals surface area contributed by atoms with E-state index in [1.165, 1.54) is 0 Å². The van der Waals surface area contributed by atoms with Crippen molar-refractivity contribution in [3.8, 4) is 11.4 Å². The summed E-state index contributed by atoms with van der Waals surface area (Å²) in [5, 5.41) is 3.76. The van der Waals surface area contributed by atoms with Gasteiger partial charge in [-0.15, -0.1) is 0 Å². The van der Waals surface area contributed by atoms with E-state index in [-0.39, 0.29) is 6.03 Å². The largest absolute Gasteiger partial charge is 0.378 e. The van der Waals surface area contributed by atoms with E-state index in [9.17, 15) is 4.79 Å². The number of ether oxygens (including phenoxy) is 1. The van der Waals surface area contributed by atoms with Gasteiger partial charge in [-0.25, -0.2) is 19.7 Å². The molecule has 0 saturated carbocycles. The van der Waals surface area contributed by atoms with Crippen molar-refractivity contribution >= 4 is 22.8 Å². The first-order valence-corrected chi connectivity index (χ1v) is 8.51. The standard InChI is InChI=1S/C18H20N6O2/c1-12-19-11-16(23(12)2)14-4-3-13-10-20-17(9-15(13)21-14)22-18(25)24-5-7-26-8-6-24/h3-4,9-11H,5-8H2,1-2H3,(H,20,22,25). The summed E-state index contributed by atoms with van der Waals surface area (Å²) in [5.41, 5.74) is 2.55.